The summed E-state index contributed by atoms with van der Waals surface area (Å²) in [5.41, 5.74) is 1.38. The number of aromatic hydroxyl groups is 1. The highest BCUT2D eigenvalue weighted by atomic mass is 35.5. The molecule has 5 heteroatoms. The number of phenols is 1. The van der Waals surface area contributed by atoms with E-state index in [-0.39, 0.29) is 6.54 Å². The SMILES string of the molecule is N#Cc1ccc(Cl)cc1NCc1cccc(F)c1O. The molecule has 96 valence electrons. The molecule has 0 aliphatic rings. The molecule has 0 amide bonds. The van der Waals surface area contributed by atoms with Gasteiger partial charge in [-0.05, 0) is 24.3 Å². The minimum absolute atomic E-state index is 0.193. The van der Waals surface area contributed by atoms with Crippen molar-refractivity contribution in [2.75, 3.05) is 5.32 Å². The Morgan fingerprint density at radius 1 is 1.32 bits per heavy atom. The highest BCUT2D eigenvalue weighted by molar-refractivity contribution is 6.30. The summed E-state index contributed by atoms with van der Waals surface area (Å²) in [7, 11) is 0. The Kier molecular flexibility index (Phi) is 3.88. The van der Waals surface area contributed by atoms with E-state index in [4.69, 9.17) is 16.9 Å². The van der Waals surface area contributed by atoms with E-state index < -0.39 is 11.6 Å². The van der Waals surface area contributed by atoms with E-state index in [1.807, 2.05) is 6.07 Å². The molecule has 0 saturated heterocycles. The van der Waals surface area contributed by atoms with E-state index in [9.17, 15) is 9.50 Å². The first-order valence-electron chi connectivity index (χ1n) is 5.51. The van der Waals surface area contributed by atoms with Gasteiger partial charge in [0, 0.05) is 17.1 Å². The molecule has 0 aliphatic heterocycles. The Bertz CT molecular complexity index is 652. The van der Waals surface area contributed by atoms with Gasteiger partial charge in [0.15, 0.2) is 11.6 Å². The van der Waals surface area contributed by atoms with Gasteiger partial charge in [-0.1, -0.05) is 23.7 Å². The molecule has 0 unspecified atom stereocenters. The normalized spacial score (nSPS) is 9.95. The molecule has 0 saturated carbocycles. The maximum atomic E-state index is 13.2. The fraction of sp³-hybridized carbons (Fsp3) is 0.0714. The monoisotopic (exact) mass is 276 g/mol. The lowest BCUT2D eigenvalue weighted by Crippen LogP contribution is -2.02. The van der Waals surface area contributed by atoms with E-state index in [0.29, 0.717) is 21.8 Å². The van der Waals surface area contributed by atoms with E-state index in [0.717, 1.165) is 0 Å². The van der Waals surface area contributed by atoms with Crippen LogP contribution in [0.15, 0.2) is 36.4 Å². The molecular weight excluding hydrogens is 267 g/mol. The van der Waals surface area contributed by atoms with Gasteiger partial charge in [0.05, 0.1) is 11.3 Å². The molecule has 0 fully saturated rings. The first kappa shape index (κ1) is 13.2. The molecule has 0 radical (unpaired) electrons. The fourth-order valence-electron chi connectivity index (χ4n) is 1.65. The second-order valence-electron chi connectivity index (χ2n) is 3.90. The summed E-state index contributed by atoms with van der Waals surface area (Å²) in [6.45, 7) is 0.193. The summed E-state index contributed by atoms with van der Waals surface area (Å²) in [6.07, 6.45) is 0. The van der Waals surface area contributed by atoms with Crippen LogP contribution in [0.2, 0.25) is 5.02 Å². The van der Waals surface area contributed by atoms with Crippen molar-refractivity contribution in [3.63, 3.8) is 0 Å². The lowest BCUT2D eigenvalue weighted by molar-refractivity contribution is 0.427. The van der Waals surface area contributed by atoms with Crippen molar-refractivity contribution in [1.82, 2.24) is 0 Å². The molecule has 0 aliphatic carbocycles. The maximum Gasteiger partial charge on any atom is 0.165 e. The summed E-state index contributed by atoms with van der Waals surface area (Å²) < 4.78 is 13.2. The van der Waals surface area contributed by atoms with Gasteiger partial charge in [0.1, 0.15) is 6.07 Å². The Morgan fingerprint density at radius 3 is 2.84 bits per heavy atom. The second-order valence-corrected chi connectivity index (χ2v) is 4.34. The minimum Gasteiger partial charge on any atom is -0.505 e. The molecule has 2 aromatic carbocycles. The molecule has 0 atom stereocenters. The summed E-state index contributed by atoms with van der Waals surface area (Å²) in [5, 5.41) is 22.0. The van der Waals surface area contributed by atoms with Crippen LogP contribution in [0, 0.1) is 17.1 Å². The molecule has 0 aromatic heterocycles. The third-order valence-electron chi connectivity index (χ3n) is 2.64. The summed E-state index contributed by atoms with van der Waals surface area (Å²) in [4.78, 5) is 0. The Hall–Kier alpha value is -2.25. The van der Waals surface area contributed by atoms with Gasteiger partial charge in [-0.25, -0.2) is 4.39 Å². The minimum atomic E-state index is -0.675. The molecule has 2 N–H and O–H groups in total. The van der Waals surface area contributed by atoms with Crippen molar-refractivity contribution in [2.45, 2.75) is 6.54 Å². The average molecular weight is 277 g/mol. The van der Waals surface area contributed by atoms with Gasteiger partial charge < -0.3 is 10.4 Å². The number of para-hydroxylation sites is 1. The number of nitrogens with one attached hydrogen (secondary N) is 1. The van der Waals surface area contributed by atoms with Gasteiger partial charge in [0.2, 0.25) is 0 Å². The first-order valence-corrected chi connectivity index (χ1v) is 5.89. The third-order valence-corrected chi connectivity index (χ3v) is 2.88. The Labute approximate surface area is 114 Å². The summed E-state index contributed by atoms with van der Waals surface area (Å²) in [6, 6.07) is 11.1. The zero-order valence-corrected chi connectivity index (χ0v) is 10.6. The van der Waals surface area contributed by atoms with E-state index in [1.54, 1.807) is 24.3 Å². The number of anilines is 1. The van der Waals surface area contributed by atoms with Gasteiger partial charge in [-0.3, -0.25) is 0 Å². The molecule has 19 heavy (non-hydrogen) atoms. The maximum absolute atomic E-state index is 13.2. The molecular formula is C14H10ClFN2O. The van der Waals surface area contributed by atoms with Crippen LogP contribution in [0.1, 0.15) is 11.1 Å². The highest BCUT2D eigenvalue weighted by Gasteiger charge is 2.08. The van der Waals surface area contributed by atoms with Crippen LogP contribution >= 0.6 is 11.6 Å². The molecule has 2 rings (SSSR count). The summed E-state index contributed by atoms with van der Waals surface area (Å²) in [5.74, 6) is -1.07. The van der Waals surface area contributed by atoms with E-state index in [1.165, 1.54) is 12.1 Å². The van der Waals surface area contributed by atoms with Crippen LogP contribution in [0.4, 0.5) is 10.1 Å². The van der Waals surface area contributed by atoms with Crippen molar-refractivity contribution in [3.8, 4) is 11.8 Å². The quantitative estimate of drug-likeness (QED) is 0.899. The van der Waals surface area contributed by atoms with E-state index in [2.05, 4.69) is 5.32 Å². The van der Waals surface area contributed by atoms with Gasteiger partial charge in [-0.15, -0.1) is 0 Å². The van der Waals surface area contributed by atoms with Crippen molar-refractivity contribution >= 4 is 17.3 Å². The lowest BCUT2D eigenvalue weighted by Gasteiger charge is -2.10. The number of rotatable bonds is 3. The molecule has 0 spiro atoms. The largest absolute Gasteiger partial charge is 0.505 e. The van der Waals surface area contributed by atoms with Gasteiger partial charge >= 0.3 is 0 Å². The highest BCUT2D eigenvalue weighted by Crippen LogP contribution is 2.24. The van der Waals surface area contributed by atoms with Crippen LogP contribution in [0.25, 0.3) is 0 Å². The van der Waals surface area contributed by atoms with Gasteiger partial charge in [0.25, 0.3) is 0 Å². The van der Waals surface area contributed by atoms with Crippen LogP contribution in [0.3, 0.4) is 0 Å². The Balaban J connectivity index is 2.21. The zero-order chi connectivity index (χ0) is 13.8. The second kappa shape index (κ2) is 5.59. The number of benzene rings is 2. The number of hydrogen-bond donors (Lipinski definition) is 2. The van der Waals surface area contributed by atoms with Crippen molar-refractivity contribution in [2.24, 2.45) is 0 Å². The van der Waals surface area contributed by atoms with Crippen LogP contribution in [0.5, 0.6) is 5.75 Å². The van der Waals surface area contributed by atoms with Crippen LogP contribution in [-0.4, -0.2) is 5.11 Å². The lowest BCUT2D eigenvalue weighted by atomic mass is 10.1. The van der Waals surface area contributed by atoms with Crippen molar-refractivity contribution in [1.29, 1.82) is 5.26 Å². The fourth-order valence-corrected chi connectivity index (χ4v) is 1.83. The molecule has 0 heterocycles. The van der Waals surface area contributed by atoms with Crippen molar-refractivity contribution in [3.05, 3.63) is 58.4 Å². The molecule has 0 bridgehead atoms. The number of nitriles is 1. The van der Waals surface area contributed by atoms with Crippen LogP contribution in [-0.2, 0) is 6.54 Å². The standard InChI is InChI=1S/C14H10ClFN2O/c15-11-5-4-9(7-17)13(6-11)18-8-10-2-1-3-12(16)14(10)19/h1-6,18-19H,8H2. The summed E-state index contributed by atoms with van der Waals surface area (Å²) >= 11 is 5.85. The predicted molar refractivity (Wildman–Crippen MR) is 71.6 cm³/mol. The van der Waals surface area contributed by atoms with Crippen LogP contribution < -0.4 is 5.32 Å². The number of halogens is 2. The first-order chi connectivity index (χ1) is 9.11. The number of phenolic OH excluding ortho intramolecular Hbond substituents is 1. The smallest absolute Gasteiger partial charge is 0.165 e. The molecule has 2 aromatic rings. The molecule has 3 nitrogen and oxygen atoms in total. The van der Waals surface area contributed by atoms with Crippen molar-refractivity contribution < 1.29 is 9.50 Å². The van der Waals surface area contributed by atoms with Gasteiger partial charge in [-0.2, -0.15) is 5.26 Å². The average Bonchev–Trinajstić information content (AvgIpc) is 2.40. The van der Waals surface area contributed by atoms with E-state index >= 15 is 0 Å². The third kappa shape index (κ3) is 2.95. The zero-order valence-electron chi connectivity index (χ0n) is 9.82. The predicted octanol–water partition coefficient (Wildman–Crippen LogP) is 3.67. The topological polar surface area (TPSA) is 56.0 Å². The number of hydrogen-bond acceptors (Lipinski definition) is 3. The number of nitrogens with zero attached hydrogens (tertiary/aromatic N) is 1. The Morgan fingerprint density at radius 2 is 2.11 bits per heavy atom.